The van der Waals surface area contributed by atoms with Crippen LogP contribution in [0.15, 0.2) is 279 Å². The van der Waals surface area contributed by atoms with Gasteiger partial charge in [0.25, 0.3) is 0 Å². The zero-order valence-corrected chi connectivity index (χ0v) is 38.5. The van der Waals surface area contributed by atoms with E-state index in [2.05, 4.69) is 289 Å². The average molecular weight is 891 g/mol. The van der Waals surface area contributed by atoms with Gasteiger partial charge < -0.3 is 9.47 Å². The quantitative estimate of drug-likeness (QED) is 0.131. The molecular formula is C68H46N2. The van der Waals surface area contributed by atoms with Gasteiger partial charge in [-0.1, -0.05) is 218 Å². The van der Waals surface area contributed by atoms with Crippen LogP contribution in [0.1, 0.15) is 0 Å². The highest BCUT2D eigenvalue weighted by Crippen LogP contribution is 2.47. The highest BCUT2D eigenvalue weighted by molar-refractivity contribution is 6.16. The Kier molecular flexibility index (Phi) is 10.2. The van der Waals surface area contributed by atoms with E-state index in [1.807, 2.05) is 0 Å². The van der Waals surface area contributed by atoms with Gasteiger partial charge in [-0.05, 0) is 132 Å². The second kappa shape index (κ2) is 17.4. The first-order chi connectivity index (χ1) is 34.8. The third-order valence-electron chi connectivity index (χ3n) is 14.0. The van der Waals surface area contributed by atoms with Gasteiger partial charge in [0.2, 0.25) is 0 Å². The monoisotopic (exact) mass is 890 g/mol. The summed E-state index contributed by atoms with van der Waals surface area (Å²) >= 11 is 0. The Morgan fingerprint density at radius 3 is 1.41 bits per heavy atom. The van der Waals surface area contributed by atoms with Gasteiger partial charge in [-0.2, -0.15) is 0 Å². The van der Waals surface area contributed by atoms with Crippen molar-refractivity contribution in [3.63, 3.8) is 0 Å². The lowest BCUT2D eigenvalue weighted by atomic mass is 9.88. The SMILES string of the molecule is c1ccc(-c2ccccc2-c2ccccc2-c2ccccc2N(c2ccc(-c3cc4ccccc4c4ccccc34)cc2)c2ccc(-c3cccc4c3c3ccccc3n4-c3ccccc3)cc2)cc1. The first-order valence-corrected chi connectivity index (χ1v) is 24.1. The van der Waals surface area contributed by atoms with Crippen LogP contribution in [0, 0.1) is 0 Å². The lowest BCUT2D eigenvalue weighted by Gasteiger charge is -2.29. The van der Waals surface area contributed by atoms with Crippen LogP contribution in [0.25, 0.3) is 105 Å². The molecule has 328 valence electrons. The molecule has 0 fully saturated rings. The van der Waals surface area contributed by atoms with Crippen LogP contribution in [0.2, 0.25) is 0 Å². The van der Waals surface area contributed by atoms with E-state index >= 15 is 0 Å². The van der Waals surface area contributed by atoms with Gasteiger partial charge in [-0.25, -0.2) is 0 Å². The molecule has 0 bridgehead atoms. The van der Waals surface area contributed by atoms with Gasteiger partial charge in [-0.3, -0.25) is 0 Å². The van der Waals surface area contributed by atoms with Crippen molar-refractivity contribution in [2.45, 2.75) is 0 Å². The molecule has 13 aromatic rings. The van der Waals surface area contributed by atoms with Gasteiger partial charge in [0.15, 0.2) is 0 Å². The summed E-state index contributed by atoms with van der Waals surface area (Å²) in [4.78, 5) is 2.43. The van der Waals surface area contributed by atoms with Crippen molar-refractivity contribution in [2.75, 3.05) is 4.90 Å². The smallest absolute Gasteiger partial charge is 0.0547 e. The van der Waals surface area contributed by atoms with Gasteiger partial charge in [0.05, 0.1) is 16.7 Å². The summed E-state index contributed by atoms with van der Waals surface area (Å²) in [6.45, 7) is 0. The predicted octanol–water partition coefficient (Wildman–Crippen LogP) is 18.9. The van der Waals surface area contributed by atoms with E-state index < -0.39 is 0 Å². The molecule has 0 radical (unpaired) electrons. The number of anilines is 3. The number of para-hydroxylation sites is 3. The largest absolute Gasteiger partial charge is 0.310 e. The Balaban J connectivity index is 0.979. The Labute approximate surface area is 408 Å². The molecule has 0 aliphatic rings. The fourth-order valence-corrected chi connectivity index (χ4v) is 10.9. The van der Waals surface area contributed by atoms with Crippen molar-refractivity contribution in [1.82, 2.24) is 4.57 Å². The van der Waals surface area contributed by atoms with E-state index in [-0.39, 0.29) is 0 Å². The number of rotatable bonds is 9. The van der Waals surface area contributed by atoms with Crippen LogP contribution in [-0.4, -0.2) is 4.57 Å². The van der Waals surface area contributed by atoms with E-state index in [1.54, 1.807) is 0 Å². The minimum Gasteiger partial charge on any atom is -0.310 e. The van der Waals surface area contributed by atoms with E-state index in [4.69, 9.17) is 0 Å². The fourth-order valence-electron chi connectivity index (χ4n) is 10.9. The number of hydrogen-bond acceptors (Lipinski definition) is 1. The van der Waals surface area contributed by atoms with E-state index in [0.717, 1.165) is 28.3 Å². The maximum absolute atomic E-state index is 2.43. The Morgan fingerprint density at radius 1 is 0.257 bits per heavy atom. The summed E-state index contributed by atoms with van der Waals surface area (Å²) in [5.74, 6) is 0. The lowest BCUT2D eigenvalue weighted by molar-refractivity contribution is 1.18. The van der Waals surface area contributed by atoms with Crippen molar-refractivity contribution in [3.8, 4) is 61.3 Å². The molecule has 2 heteroatoms. The highest BCUT2D eigenvalue weighted by Gasteiger charge is 2.22. The van der Waals surface area contributed by atoms with Gasteiger partial charge in [-0.15, -0.1) is 0 Å². The molecule has 0 amide bonds. The third-order valence-corrected chi connectivity index (χ3v) is 14.0. The number of benzene rings is 12. The normalized spacial score (nSPS) is 11.4. The van der Waals surface area contributed by atoms with Gasteiger partial charge >= 0.3 is 0 Å². The fraction of sp³-hybridized carbons (Fsp3) is 0. The van der Waals surface area contributed by atoms with Crippen LogP contribution < -0.4 is 4.90 Å². The Bertz CT molecular complexity index is 4040. The standard InChI is InChI=1S/C68H46N2/c1-3-20-47(21-4-1)54-25-9-10-27-57(54)59-29-12-13-30-60(59)62-32-15-17-35-65(62)69(53-44-40-49(41-45-53)64-46-50-22-7-8-26-55(50)58-28-11-14-31-61(58)64)52-42-38-48(39-43-52)56-34-19-37-67-68(56)63-33-16-18-36-66(63)70(67)51-23-5-2-6-24-51/h1-46H. The van der Waals surface area contributed by atoms with Crippen LogP contribution in [0.3, 0.4) is 0 Å². The molecule has 1 aromatic heterocycles. The van der Waals surface area contributed by atoms with Crippen LogP contribution in [-0.2, 0) is 0 Å². The van der Waals surface area contributed by atoms with Crippen molar-refractivity contribution in [3.05, 3.63) is 279 Å². The number of nitrogens with zero attached hydrogens (tertiary/aromatic N) is 2. The first-order valence-electron chi connectivity index (χ1n) is 24.1. The molecule has 1 heterocycles. The van der Waals surface area contributed by atoms with Crippen molar-refractivity contribution in [2.24, 2.45) is 0 Å². The van der Waals surface area contributed by atoms with Crippen LogP contribution in [0.5, 0.6) is 0 Å². The summed E-state index contributed by atoms with van der Waals surface area (Å²) in [7, 11) is 0. The van der Waals surface area contributed by atoms with E-state index in [1.165, 1.54) is 93.4 Å². The maximum Gasteiger partial charge on any atom is 0.0547 e. The molecular weight excluding hydrogens is 845 g/mol. The summed E-state index contributed by atoms with van der Waals surface area (Å²) < 4.78 is 2.39. The molecule has 0 saturated carbocycles. The number of fused-ring (bicyclic) bond motifs is 6. The van der Waals surface area contributed by atoms with Gasteiger partial charge in [0, 0.05) is 33.4 Å². The van der Waals surface area contributed by atoms with Crippen molar-refractivity contribution < 1.29 is 0 Å². The zero-order chi connectivity index (χ0) is 46.4. The molecule has 0 unspecified atom stereocenters. The molecule has 70 heavy (non-hydrogen) atoms. The Hall–Kier alpha value is -9.24. The molecule has 12 aromatic carbocycles. The van der Waals surface area contributed by atoms with Gasteiger partial charge in [0.1, 0.15) is 0 Å². The molecule has 0 N–H and O–H groups in total. The zero-order valence-electron chi connectivity index (χ0n) is 38.5. The molecule has 0 spiro atoms. The second-order valence-electron chi connectivity index (χ2n) is 18.0. The lowest BCUT2D eigenvalue weighted by Crippen LogP contribution is -2.11. The predicted molar refractivity (Wildman–Crippen MR) is 298 cm³/mol. The summed E-state index contributed by atoms with van der Waals surface area (Å²) in [6, 6.07) is 102. The summed E-state index contributed by atoms with van der Waals surface area (Å²) in [5, 5.41) is 7.52. The van der Waals surface area contributed by atoms with Crippen molar-refractivity contribution in [1.29, 1.82) is 0 Å². The molecule has 0 aliphatic carbocycles. The topological polar surface area (TPSA) is 8.17 Å². The maximum atomic E-state index is 2.43. The summed E-state index contributed by atoms with van der Waals surface area (Å²) in [6.07, 6.45) is 0. The van der Waals surface area contributed by atoms with Crippen molar-refractivity contribution >= 4 is 60.4 Å². The molecule has 0 saturated heterocycles. The van der Waals surface area contributed by atoms with Crippen LogP contribution >= 0.6 is 0 Å². The Morgan fingerprint density at radius 2 is 0.714 bits per heavy atom. The second-order valence-corrected chi connectivity index (χ2v) is 18.0. The number of aromatic nitrogens is 1. The highest BCUT2D eigenvalue weighted by atomic mass is 15.1. The number of hydrogen-bond donors (Lipinski definition) is 0. The third kappa shape index (κ3) is 7.05. The van der Waals surface area contributed by atoms with E-state index in [0.29, 0.717) is 0 Å². The van der Waals surface area contributed by atoms with Crippen LogP contribution in [0.4, 0.5) is 17.1 Å². The minimum atomic E-state index is 1.07. The summed E-state index contributed by atoms with van der Waals surface area (Å²) in [5.41, 5.74) is 18.7. The molecule has 13 rings (SSSR count). The first kappa shape index (κ1) is 41.0. The molecule has 0 aliphatic heterocycles. The van der Waals surface area contributed by atoms with E-state index in [9.17, 15) is 0 Å². The minimum absolute atomic E-state index is 1.07. The molecule has 0 atom stereocenters. The average Bonchev–Trinajstić information content (AvgIpc) is 3.79. The molecule has 2 nitrogen and oxygen atoms in total.